The first kappa shape index (κ1) is 12.0. The van der Waals surface area contributed by atoms with E-state index in [9.17, 15) is 9.59 Å². The van der Waals surface area contributed by atoms with Crippen molar-refractivity contribution in [1.29, 1.82) is 0 Å². The molecule has 0 bridgehead atoms. The van der Waals surface area contributed by atoms with E-state index in [1.165, 1.54) is 17.4 Å². The van der Waals surface area contributed by atoms with Crippen LogP contribution in [0.5, 0.6) is 0 Å². The van der Waals surface area contributed by atoms with Gasteiger partial charge in [0.1, 0.15) is 0 Å². The lowest BCUT2D eigenvalue weighted by Crippen LogP contribution is -2.21. The van der Waals surface area contributed by atoms with Crippen molar-refractivity contribution in [2.45, 2.75) is 0 Å². The highest BCUT2D eigenvalue weighted by Crippen LogP contribution is 2.15. The largest absolute Gasteiger partial charge is 0.345 e. The molecule has 0 unspecified atom stereocenters. The Morgan fingerprint density at radius 1 is 1.22 bits per heavy atom. The van der Waals surface area contributed by atoms with Gasteiger partial charge in [-0.1, -0.05) is 12.1 Å². The second kappa shape index (κ2) is 4.83. The molecule has 1 aromatic carbocycles. The molecule has 1 aromatic heterocycles. The van der Waals surface area contributed by atoms with Crippen LogP contribution >= 0.6 is 0 Å². The van der Waals surface area contributed by atoms with E-state index in [0.717, 1.165) is 5.56 Å². The van der Waals surface area contributed by atoms with Crippen molar-refractivity contribution in [3.05, 3.63) is 52.7 Å². The maximum atomic E-state index is 11.7. The Morgan fingerprint density at radius 2 is 1.89 bits per heavy atom. The molecular weight excluding hydrogens is 230 g/mol. The fourth-order valence-electron chi connectivity index (χ4n) is 1.60. The van der Waals surface area contributed by atoms with Gasteiger partial charge in [-0.3, -0.25) is 9.59 Å². The second-order valence-corrected chi connectivity index (χ2v) is 4.07. The van der Waals surface area contributed by atoms with E-state index in [1.807, 2.05) is 0 Å². The number of benzene rings is 1. The molecule has 0 spiro atoms. The van der Waals surface area contributed by atoms with Crippen LogP contribution in [0.3, 0.4) is 0 Å². The molecule has 0 aliphatic carbocycles. The average Bonchev–Trinajstić information content (AvgIpc) is 2.38. The molecular formula is C13H13N3O2. The molecule has 0 saturated heterocycles. The topological polar surface area (TPSA) is 66.1 Å². The van der Waals surface area contributed by atoms with Crippen LogP contribution in [0.1, 0.15) is 10.4 Å². The predicted octanol–water partition coefficient (Wildman–Crippen LogP) is 1.14. The van der Waals surface area contributed by atoms with Gasteiger partial charge in [-0.25, -0.2) is 4.98 Å². The number of rotatable bonds is 2. The van der Waals surface area contributed by atoms with Crippen LogP contribution in [0.4, 0.5) is 0 Å². The van der Waals surface area contributed by atoms with Crippen LogP contribution in [-0.2, 0) is 0 Å². The Balaban J connectivity index is 2.37. The van der Waals surface area contributed by atoms with Crippen LogP contribution in [0.15, 0.2) is 41.6 Å². The standard InChI is InChI=1S/C13H13N3O2/c1-16(2)13(18)10-5-3-9(4-6-10)11-7-14-8-15-12(11)17/h3-8H,1-2H3,(H,14,15,17). The quantitative estimate of drug-likeness (QED) is 0.860. The van der Waals surface area contributed by atoms with Gasteiger partial charge in [0.15, 0.2) is 0 Å². The summed E-state index contributed by atoms with van der Waals surface area (Å²) in [7, 11) is 3.39. The first-order valence-corrected chi connectivity index (χ1v) is 5.44. The molecule has 1 N–H and O–H groups in total. The second-order valence-electron chi connectivity index (χ2n) is 4.07. The van der Waals surface area contributed by atoms with Crippen molar-refractivity contribution < 1.29 is 4.79 Å². The summed E-state index contributed by atoms with van der Waals surface area (Å²) in [5, 5.41) is 0. The zero-order chi connectivity index (χ0) is 13.1. The maximum Gasteiger partial charge on any atom is 0.258 e. The molecule has 0 radical (unpaired) electrons. The summed E-state index contributed by atoms with van der Waals surface area (Å²) in [5.41, 5.74) is 1.61. The molecule has 0 aliphatic rings. The highest BCUT2D eigenvalue weighted by Gasteiger charge is 2.08. The lowest BCUT2D eigenvalue weighted by atomic mass is 10.1. The van der Waals surface area contributed by atoms with Crippen LogP contribution in [0.2, 0.25) is 0 Å². The molecule has 5 nitrogen and oxygen atoms in total. The summed E-state index contributed by atoms with van der Waals surface area (Å²) < 4.78 is 0. The van der Waals surface area contributed by atoms with Gasteiger partial charge in [0, 0.05) is 25.9 Å². The van der Waals surface area contributed by atoms with Crippen molar-refractivity contribution in [2.24, 2.45) is 0 Å². The molecule has 92 valence electrons. The Morgan fingerprint density at radius 3 is 2.44 bits per heavy atom. The third-order valence-corrected chi connectivity index (χ3v) is 2.57. The molecule has 5 heteroatoms. The molecule has 2 rings (SSSR count). The number of nitrogens with one attached hydrogen (secondary N) is 1. The first-order chi connectivity index (χ1) is 8.59. The number of nitrogens with zero attached hydrogens (tertiary/aromatic N) is 2. The van der Waals surface area contributed by atoms with Gasteiger partial charge in [0.05, 0.1) is 11.9 Å². The van der Waals surface area contributed by atoms with Crippen LogP contribution < -0.4 is 5.56 Å². The summed E-state index contributed by atoms with van der Waals surface area (Å²) >= 11 is 0. The third kappa shape index (κ3) is 2.29. The summed E-state index contributed by atoms with van der Waals surface area (Å²) in [4.78, 5) is 31.2. The average molecular weight is 243 g/mol. The third-order valence-electron chi connectivity index (χ3n) is 2.57. The Kier molecular flexibility index (Phi) is 3.23. The zero-order valence-corrected chi connectivity index (χ0v) is 10.2. The zero-order valence-electron chi connectivity index (χ0n) is 10.2. The molecule has 0 saturated carbocycles. The van der Waals surface area contributed by atoms with E-state index in [0.29, 0.717) is 11.1 Å². The van der Waals surface area contributed by atoms with E-state index in [4.69, 9.17) is 0 Å². The van der Waals surface area contributed by atoms with Gasteiger partial charge in [0.25, 0.3) is 11.5 Å². The molecule has 0 aliphatic heterocycles. The Bertz CT molecular complexity index is 615. The number of hydrogen-bond donors (Lipinski definition) is 1. The lowest BCUT2D eigenvalue weighted by Gasteiger charge is -2.10. The van der Waals surface area contributed by atoms with Gasteiger partial charge in [-0.2, -0.15) is 0 Å². The fraction of sp³-hybridized carbons (Fsp3) is 0.154. The van der Waals surface area contributed by atoms with Crippen LogP contribution in [0, 0.1) is 0 Å². The van der Waals surface area contributed by atoms with Crippen molar-refractivity contribution in [2.75, 3.05) is 14.1 Å². The normalized spacial score (nSPS) is 10.1. The maximum absolute atomic E-state index is 11.7. The summed E-state index contributed by atoms with van der Waals surface area (Å²) in [6.45, 7) is 0. The van der Waals surface area contributed by atoms with E-state index < -0.39 is 0 Å². The summed E-state index contributed by atoms with van der Waals surface area (Å²) in [6, 6.07) is 6.88. The van der Waals surface area contributed by atoms with Gasteiger partial charge in [-0.15, -0.1) is 0 Å². The number of amides is 1. The van der Waals surface area contributed by atoms with Crippen molar-refractivity contribution in [3.8, 4) is 11.1 Å². The number of aromatic amines is 1. The van der Waals surface area contributed by atoms with E-state index in [2.05, 4.69) is 9.97 Å². The lowest BCUT2D eigenvalue weighted by molar-refractivity contribution is 0.0827. The van der Waals surface area contributed by atoms with Gasteiger partial charge in [-0.05, 0) is 17.7 Å². The van der Waals surface area contributed by atoms with Gasteiger partial charge in [0.2, 0.25) is 0 Å². The molecule has 2 aromatic rings. The summed E-state index contributed by atoms with van der Waals surface area (Å²) in [6.07, 6.45) is 2.84. The number of carbonyl (C=O) groups excluding carboxylic acids is 1. The smallest absolute Gasteiger partial charge is 0.258 e. The highest BCUT2D eigenvalue weighted by atomic mass is 16.2. The minimum atomic E-state index is -0.198. The van der Waals surface area contributed by atoms with Crippen LogP contribution in [0.25, 0.3) is 11.1 Å². The van der Waals surface area contributed by atoms with Crippen LogP contribution in [-0.4, -0.2) is 34.9 Å². The summed E-state index contributed by atoms with van der Waals surface area (Å²) in [5.74, 6) is -0.0679. The fourth-order valence-corrected chi connectivity index (χ4v) is 1.60. The number of hydrogen-bond acceptors (Lipinski definition) is 3. The SMILES string of the molecule is CN(C)C(=O)c1ccc(-c2cnc[nH]c2=O)cc1. The Labute approximate surface area is 104 Å². The number of H-pyrrole nitrogens is 1. The van der Waals surface area contributed by atoms with E-state index >= 15 is 0 Å². The monoisotopic (exact) mass is 243 g/mol. The molecule has 18 heavy (non-hydrogen) atoms. The minimum Gasteiger partial charge on any atom is -0.345 e. The molecule has 0 fully saturated rings. The van der Waals surface area contributed by atoms with Crippen molar-refractivity contribution in [1.82, 2.24) is 14.9 Å². The van der Waals surface area contributed by atoms with Crippen molar-refractivity contribution in [3.63, 3.8) is 0 Å². The molecule has 0 atom stereocenters. The van der Waals surface area contributed by atoms with E-state index in [1.54, 1.807) is 38.4 Å². The highest BCUT2D eigenvalue weighted by molar-refractivity contribution is 5.94. The predicted molar refractivity (Wildman–Crippen MR) is 68.3 cm³/mol. The molecule has 1 amide bonds. The van der Waals surface area contributed by atoms with Gasteiger partial charge < -0.3 is 9.88 Å². The first-order valence-electron chi connectivity index (χ1n) is 5.44. The van der Waals surface area contributed by atoms with E-state index in [-0.39, 0.29) is 11.5 Å². The Hall–Kier alpha value is -2.43. The minimum absolute atomic E-state index is 0.0679. The number of carbonyl (C=O) groups is 1. The number of aromatic nitrogens is 2. The van der Waals surface area contributed by atoms with Gasteiger partial charge >= 0.3 is 0 Å². The molecule has 1 heterocycles. The van der Waals surface area contributed by atoms with Crippen molar-refractivity contribution >= 4 is 5.91 Å².